The van der Waals surface area contributed by atoms with Gasteiger partial charge in [-0.25, -0.2) is 12.8 Å². The number of benzene rings is 2. The van der Waals surface area contributed by atoms with Gasteiger partial charge in [-0.05, 0) is 102 Å². The molecule has 1 aliphatic heterocycles. The van der Waals surface area contributed by atoms with Crippen LogP contribution in [0.5, 0.6) is 0 Å². The van der Waals surface area contributed by atoms with Crippen LogP contribution in [0.4, 0.5) is 30.7 Å². The number of hydrogen-bond donors (Lipinski definition) is 0. The molecule has 1 amide bonds. The van der Waals surface area contributed by atoms with Gasteiger partial charge in [0.05, 0.1) is 10.9 Å². The molecule has 0 aromatic heterocycles. The molecular formula is C29H27F7INO3S. The fourth-order valence-corrected chi connectivity index (χ4v) is 10.6. The van der Waals surface area contributed by atoms with E-state index >= 15 is 0 Å². The van der Waals surface area contributed by atoms with E-state index < -0.39 is 44.2 Å². The molecule has 1 heterocycles. The molecule has 0 bridgehead atoms. The summed E-state index contributed by atoms with van der Waals surface area (Å²) >= 11 is 2.01. The lowest BCUT2D eigenvalue weighted by Crippen LogP contribution is -2.53. The fourth-order valence-electron chi connectivity index (χ4n) is 7.87. The summed E-state index contributed by atoms with van der Waals surface area (Å²) in [6, 6.07) is 6.93. The van der Waals surface area contributed by atoms with E-state index in [0.29, 0.717) is 12.1 Å². The Hall–Kier alpha value is -1.90. The first-order chi connectivity index (χ1) is 19.6. The van der Waals surface area contributed by atoms with Crippen LogP contribution in [0.15, 0.2) is 47.4 Å². The maximum atomic E-state index is 15.0. The van der Waals surface area contributed by atoms with Crippen LogP contribution in [0.25, 0.3) is 0 Å². The van der Waals surface area contributed by atoms with Crippen molar-refractivity contribution in [1.82, 2.24) is 4.90 Å². The standard InChI is InChI=1S/C29H27F7INO3S/c30-27(28(31,32)33,29(34,35)36)17-6-11-22-16(15-17)5-12-23-26(22,42(40,41)19-9-7-18(37)8-10-19)13-14-38(23)25(39)24-20-3-1-2-4-21(20)24/h6-11,15,20-21,23-24H,1-5,12-14H2/t20-,21+,23-,24?,26-/m1/s1. The smallest absolute Gasteiger partial charge is 0.337 e. The number of alkyl halides is 7. The largest absolute Gasteiger partial charge is 0.435 e. The minimum absolute atomic E-state index is 0.00513. The van der Waals surface area contributed by atoms with Gasteiger partial charge in [0.15, 0.2) is 9.84 Å². The number of nitrogens with zero attached hydrogens (tertiary/aromatic N) is 1. The van der Waals surface area contributed by atoms with Crippen LogP contribution in [-0.2, 0) is 31.5 Å². The number of carbonyl (C=O) groups excluding carboxylic acids is 1. The van der Waals surface area contributed by atoms with Crippen molar-refractivity contribution in [3.8, 4) is 0 Å². The van der Waals surface area contributed by atoms with Crippen molar-refractivity contribution in [2.24, 2.45) is 17.8 Å². The minimum Gasteiger partial charge on any atom is -0.337 e. The molecule has 3 aliphatic carbocycles. The van der Waals surface area contributed by atoms with Crippen LogP contribution in [0.1, 0.15) is 55.2 Å². The Morgan fingerprint density at radius 3 is 2.05 bits per heavy atom. The van der Waals surface area contributed by atoms with Gasteiger partial charge in [0.1, 0.15) is 4.75 Å². The van der Waals surface area contributed by atoms with Gasteiger partial charge in [0, 0.05) is 21.6 Å². The van der Waals surface area contributed by atoms with Crippen LogP contribution < -0.4 is 0 Å². The molecule has 5 atom stereocenters. The predicted octanol–water partition coefficient (Wildman–Crippen LogP) is 7.23. The molecule has 42 heavy (non-hydrogen) atoms. The van der Waals surface area contributed by atoms with Crippen LogP contribution in [0, 0.1) is 21.3 Å². The molecule has 4 nitrogen and oxygen atoms in total. The van der Waals surface area contributed by atoms with Crippen molar-refractivity contribution in [2.45, 2.75) is 78.7 Å². The summed E-state index contributed by atoms with van der Waals surface area (Å²) in [6.45, 7) is 0.0857. The molecule has 1 unspecified atom stereocenters. The second kappa shape index (κ2) is 9.80. The van der Waals surface area contributed by atoms with E-state index in [9.17, 15) is 43.9 Å². The highest BCUT2D eigenvalue weighted by Gasteiger charge is 2.74. The third-order valence-corrected chi connectivity index (χ3v) is 13.2. The Bertz CT molecular complexity index is 1500. The van der Waals surface area contributed by atoms with E-state index in [1.165, 1.54) is 12.1 Å². The number of aryl methyl sites for hydroxylation is 1. The number of hydrogen-bond acceptors (Lipinski definition) is 3. The van der Waals surface area contributed by atoms with Gasteiger partial charge in [-0.1, -0.05) is 31.0 Å². The van der Waals surface area contributed by atoms with Gasteiger partial charge in [-0.3, -0.25) is 4.79 Å². The Morgan fingerprint density at radius 2 is 1.48 bits per heavy atom. The molecule has 6 rings (SSSR count). The summed E-state index contributed by atoms with van der Waals surface area (Å²) in [5.41, 5.74) is -7.35. The zero-order valence-electron chi connectivity index (χ0n) is 22.1. The number of carbonyl (C=O) groups is 1. The van der Waals surface area contributed by atoms with Crippen molar-refractivity contribution in [2.75, 3.05) is 6.54 Å². The van der Waals surface area contributed by atoms with E-state index in [2.05, 4.69) is 0 Å². The highest BCUT2D eigenvalue weighted by molar-refractivity contribution is 14.1. The molecule has 1 saturated heterocycles. The lowest BCUT2D eigenvalue weighted by atomic mass is 9.76. The molecule has 2 aromatic carbocycles. The van der Waals surface area contributed by atoms with Crippen molar-refractivity contribution in [3.05, 3.63) is 62.7 Å². The third kappa shape index (κ3) is 4.17. The van der Waals surface area contributed by atoms with E-state index in [4.69, 9.17) is 0 Å². The Kier molecular flexibility index (Phi) is 7.03. The molecular weight excluding hydrogens is 702 g/mol. The topological polar surface area (TPSA) is 54.5 Å². The number of sulfone groups is 1. The van der Waals surface area contributed by atoms with E-state index in [1.54, 1.807) is 17.0 Å². The maximum absolute atomic E-state index is 15.0. The molecule has 0 radical (unpaired) electrons. The van der Waals surface area contributed by atoms with Gasteiger partial charge >= 0.3 is 18.0 Å². The summed E-state index contributed by atoms with van der Waals surface area (Å²) in [7, 11) is -4.33. The highest BCUT2D eigenvalue weighted by atomic mass is 127. The SMILES string of the molecule is O=C(C1[C@H]2CCCC[C@@H]12)N1CC[C@@]2(S(=O)(=O)c3ccc(I)cc3)c3ccc(C(F)(C(F)(F)F)C(F)(F)F)cc3CC[C@@H]12. The second-order valence-electron chi connectivity index (χ2n) is 11.8. The Morgan fingerprint density at radius 1 is 0.881 bits per heavy atom. The summed E-state index contributed by atoms with van der Waals surface area (Å²) in [5.74, 6) is 0.192. The van der Waals surface area contributed by atoms with Crippen molar-refractivity contribution >= 4 is 38.3 Å². The summed E-state index contributed by atoms with van der Waals surface area (Å²) < 4.78 is 124. The van der Waals surface area contributed by atoms with Crippen LogP contribution in [0.2, 0.25) is 0 Å². The number of fused-ring (bicyclic) bond motifs is 4. The van der Waals surface area contributed by atoms with Gasteiger partial charge in [0.2, 0.25) is 5.91 Å². The number of halogens is 8. The number of rotatable bonds is 4. The molecule has 2 aromatic rings. The van der Waals surface area contributed by atoms with Gasteiger partial charge in [0.25, 0.3) is 0 Å². The van der Waals surface area contributed by atoms with Gasteiger partial charge in [-0.15, -0.1) is 0 Å². The molecule has 13 heteroatoms. The molecule has 2 saturated carbocycles. The number of amides is 1. The first-order valence-electron chi connectivity index (χ1n) is 13.8. The van der Waals surface area contributed by atoms with Crippen molar-refractivity contribution in [3.63, 3.8) is 0 Å². The first-order valence-corrected chi connectivity index (χ1v) is 16.4. The minimum atomic E-state index is -6.29. The Balaban J connectivity index is 1.48. The van der Waals surface area contributed by atoms with Crippen LogP contribution in [0.3, 0.4) is 0 Å². The van der Waals surface area contributed by atoms with Crippen molar-refractivity contribution in [1.29, 1.82) is 0 Å². The van der Waals surface area contributed by atoms with Gasteiger partial charge < -0.3 is 4.90 Å². The monoisotopic (exact) mass is 729 g/mol. The average molecular weight is 729 g/mol. The molecule has 0 N–H and O–H groups in total. The lowest BCUT2D eigenvalue weighted by molar-refractivity contribution is -0.348. The Labute approximate surface area is 252 Å². The highest BCUT2D eigenvalue weighted by Crippen LogP contribution is 2.60. The second-order valence-corrected chi connectivity index (χ2v) is 15.3. The summed E-state index contributed by atoms with van der Waals surface area (Å²) in [4.78, 5) is 15.4. The molecule has 4 aliphatic rings. The van der Waals surface area contributed by atoms with E-state index in [0.717, 1.165) is 35.3 Å². The normalized spacial score (nSPS) is 29.5. The average Bonchev–Trinajstić information content (AvgIpc) is 3.51. The van der Waals surface area contributed by atoms with Crippen molar-refractivity contribution < 1.29 is 43.9 Å². The van der Waals surface area contributed by atoms with E-state index in [1.807, 2.05) is 22.6 Å². The number of likely N-dealkylation sites (tertiary alicyclic amines) is 1. The quantitative estimate of drug-likeness (QED) is 0.247. The van der Waals surface area contributed by atoms with Gasteiger partial charge in [-0.2, -0.15) is 26.3 Å². The molecule has 228 valence electrons. The predicted molar refractivity (Wildman–Crippen MR) is 147 cm³/mol. The summed E-state index contributed by atoms with van der Waals surface area (Å²) in [6.07, 6.45) is -8.84. The molecule has 3 fully saturated rings. The zero-order valence-corrected chi connectivity index (χ0v) is 25.1. The summed E-state index contributed by atoms with van der Waals surface area (Å²) in [5, 5.41) is 0. The van der Waals surface area contributed by atoms with Crippen LogP contribution >= 0.6 is 22.6 Å². The van der Waals surface area contributed by atoms with E-state index in [-0.39, 0.29) is 65.5 Å². The molecule has 0 spiro atoms. The van der Waals surface area contributed by atoms with Crippen LogP contribution in [-0.4, -0.2) is 44.2 Å². The first kappa shape index (κ1) is 30.1. The maximum Gasteiger partial charge on any atom is 0.435 e. The lowest BCUT2D eigenvalue weighted by Gasteiger charge is -2.43. The third-order valence-electron chi connectivity index (χ3n) is 9.89. The fraction of sp³-hybridized carbons (Fsp3) is 0.552. The zero-order chi connectivity index (χ0) is 30.5.